The standard InChI is InChI=1S/C23H33N4O3S/c1-4-6-7-8-15-29-22-21(25-31-26-22)19-12-10-14-27(3,17-19)23(30-20(28)5-2)18-11-9-13-24-16-18/h9,11-13,16,23H,4-8,10,14-15,17H2,1-3H3/q+1. The van der Waals surface area contributed by atoms with Crippen LogP contribution in [-0.4, -0.2) is 50.9 Å². The van der Waals surface area contributed by atoms with Crippen LogP contribution in [0.2, 0.25) is 0 Å². The average Bonchev–Trinajstić information content (AvgIpc) is 3.26. The molecule has 2 aromatic heterocycles. The second kappa shape index (κ2) is 11.3. The number of likely N-dealkylation sites (N-methyl/N-ethyl adjacent to an activating group) is 1. The van der Waals surface area contributed by atoms with Crippen molar-refractivity contribution in [1.29, 1.82) is 0 Å². The first-order chi connectivity index (χ1) is 15.1. The van der Waals surface area contributed by atoms with Gasteiger partial charge in [0.1, 0.15) is 12.2 Å². The van der Waals surface area contributed by atoms with E-state index >= 15 is 0 Å². The average molecular weight is 446 g/mol. The monoisotopic (exact) mass is 445 g/mol. The molecular formula is C23H33N4O3S+. The summed E-state index contributed by atoms with van der Waals surface area (Å²) in [6.45, 7) is 6.20. The summed E-state index contributed by atoms with van der Waals surface area (Å²) in [5, 5.41) is 0. The number of pyridine rings is 1. The molecule has 2 atom stereocenters. The van der Waals surface area contributed by atoms with Crippen molar-refractivity contribution in [2.75, 3.05) is 26.7 Å². The Labute approximate surface area is 189 Å². The lowest BCUT2D eigenvalue weighted by molar-refractivity contribution is -0.953. The van der Waals surface area contributed by atoms with Crippen LogP contribution in [0.15, 0.2) is 30.6 Å². The van der Waals surface area contributed by atoms with Gasteiger partial charge in [-0.3, -0.25) is 14.3 Å². The van der Waals surface area contributed by atoms with E-state index in [1.807, 2.05) is 19.1 Å². The maximum Gasteiger partial charge on any atom is 0.310 e. The molecule has 0 aliphatic carbocycles. The molecule has 0 fully saturated rings. The number of nitrogens with zero attached hydrogens (tertiary/aromatic N) is 4. The van der Waals surface area contributed by atoms with Gasteiger partial charge in [-0.05, 0) is 18.6 Å². The van der Waals surface area contributed by atoms with E-state index in [9.17, 15) is 4.79 Å². The fourth-order valence-corrected chi connectivity index (χ4v) is 4.42. The van der Waals surface area contributed by atoms with Crippen molar-refractivity contribution < 1.29 is 18.8 Å². The molecule has 0 radical (unpaired) electrons. The molecule has 0 spiro atoms. The Hall–Kier alpha value is -2.32. The summed E-state index contributed by atoms with van der Waals surface area (Å²) >= 11 is 1.18. The molecule has 1 aliphatic heterocycles. The van der Waals surface area contributed by atoms with Crippen LogP contribution in [0.5, 0.6) is 5.88 Å². The van der Waals surface area contributed by atoms with E-state index in [1.165, 1.54) is 24.6 Å². The van der Waals surface area contributed by atoms with E-state index in [-0.39, 0.29) is 5.97 Å². The fraction of sp³-hybridized carbons (Fsp3) is 0.565. The van der Waals surface area contributed by atoms with Crippen LogP contribution in [0, 0.1) is 0 Å². The molecule has 3 rings (SSSR count). The summed E-state index contributed by atoms with van der Waals surface area (Å²) in [7, 11) is 2.12. The Balaban J connectivity index is 1.77. The molecule has 0 amide bonds. The molecule has 0 N–H and O–H groups in total. The number of unbranched alkanes of at least 4 members (excludes halogenated alkanes) is 3. The third-order valence-corrected chi connectivity index (χ3v) is 6.14. The number of hydrogen-bond acceptors (Lipinski definition) is 7. The van der Waals surface area contributed by atoms with Crippen molar-refractivity contribution in [3.63, 3.8) is 0 Å². The number of esters is 1. The first-order valence-corrected chi connectivity index (χ1v) is 11.9. The summed E-state index contributed by atoms with van der Waals surface area (Å²) in [5.41, 5.74) is 2.81. The summed E-state index contributed by atoms with van der Waals surface area (Å²) in [4.78, 5) is 16.5. The Morgan fingerprint density at radius 1 is 1.26 bits per heavy atom. The highest BCUT2D eigenvalue weighted by Gasteiger charge is 2.40. The van der Waals surface area contributed by atoms with Gasteiger partial charge in [-0.15, -0.1) is 4.37 Å². The Morgan fingerprint density at radius 2 is 2.13 bits per heavy atom. The van der Waals surface area contributed by atoms with E-state index in [0.717, 1.165) is 42.6 Å². The highest BCUT2D eigenvalue weighted by atomic mass is 32.1. The molecule has 2 aromatic rings. The second-order valence-corrected chi connectivity index (χ2v) is 8.72. The number of carbonyl (C=O) groups is 1. The number of quaternary nitrogens is 1. The number of carbonyl (C=O) groups excluding carboxylic acids is 1. The van der Waals surface area contributed by atoms with Gasteiger partial charge in [0.05, 0.1) is 37.5 Å². The van der Waals surface area contributed by atoms with Crippen LogP contribution in [0.25, 0.3) is 5.57 Å². The normalized spacial score (nSPS) is 19.5. The molecule has 7 nitrogen and oxygen atoms in total. The molecule has 1 aliphatic rings. The molecule has 31 heavy (non-hydrogen) atoms. The quantitative estimate of drug-likeness (QED) is 0.282. The van der Waals surface area contributed by atoms with Crippen LogP contribution < -0.4 is 4.74 Å². The lowest BCUT2D eigenvalue weighted by atomic mass is 10.0. The van der Waals surface area contributed by atoms with Crippen molar-refractivity contribution in [2.45, 2.75) is 58.6 Å². The summed E-state index contributed by atoms with van der Waals surface area (Å²) in [5.74, 6) is 0.403. The van der Waals surface area contributed by atoms with Gasteiger partial charge in [-0.25, -0.2) is 0 Å². The van der Waals surface area contributed by atoms with Gasteiger partial charge in [0, 0.05) is 30.8 Å². The molecule has 0 bridgehead atoms. The lowest BCUT2D eigenvalue weighted by Gasteiger charge is -2.42. The predicted octanol–water partition coefficient (Wildman–Crippen LogP) is 4.78. The third kappa shape index (κ3) is 6.11. The van der Waals surface area contributed by atoms with Crippen molar-refractivity contribution in [3.05, 3.63) is 41.9 Å². The number of aromatic nitrogens is 3. The Morgan fingerprint density at radius 3 is 2.87 bits per heavy atom. The number of hydrogen-bond donors (Lipinski definition) is 0. The third-order valence-electron chi connectivity index (χ3n) is 5.63. The minimum Gasteiger partial charge on any atom is -0.475 e. The van der Waals surface area contributed by atoms with Gasteiger partial charge in [0.25, 0.3) is 12.1 Å². The van der Waals surface area contributed by atoms with E-state index in [2.05, 4.69) is 33.8 Å². The van der Waals surface area contributed by atoms with Gasteiger partial charge in [-0.2, -0.15) is 4.37 Å². The van der Waals surface area contributed by atoms with Crippen molar-refractivity contribution in [1.82, 2.24) is 13.7 Å². The summed E-state index contributed by atoms with van der Waals surface area (Å²) < 4.78 is 21.4. The van der Waals surface area contributed by atoms with Gasteiger partial charge < -0.3 is 9.47 Å². The van der Waals surface area contributed by atoms with Crippen LogP contribution >= 0.6 is 11.7 Å². The second-order valence-electron chi connectivity index (χ2n) is 8.19. The SMILES string of the molecule is CCCCCCOc1nsnc1C1=CCC[N+](C)(C(OC(=O)CC)c2cccnc2)C1. The van der Waals surface area contributed by atoms with Gasteiger partial charge in [-0.1, -0.05) is 39.2 Å². The molecule has 168 valence electrons. The van der Waals surface area contributed by atoms with E-state index < -0.39 is 6.23 Å². The van der Waals surface area contributed by atoms with Crippen LogP contribution in [0.3, 0.4) is 0 Å². The molecule has 2 unspecified atom stereocenters. The van der Waals surface area contributed by atoms with E-state index in [4.69, 9.17) is 9.47 Å². The van der Waals surface area contributed by atoms with Gasteiger partial charge in [0.15, 0.2) is 0 Å². The first-order valence-electron chi connectivity index (χ1n) is 11.2. The van der Waals surface area contributed by atoms with Gasteiger partial charge >= 0.3 is 5.97 Å². The zero-order valence-corrected chi connectivity index (χ0v) is 19.6. The topological polar surface area (TPSA) is 74.2 Å². The molecule has 0 aromatic carbocycles. The van der Waals surface area contributed by atoms with E-state index in [0.29, 0.717) is 29.9 Å². The zero-order valence-electron chi connectivity index (χ0n) is 18.7. The maximum absolute atomic E-state index is 12.2. The van der Waals surface area contributed by atoms with Crippen LogP contribution in [0.1, 0.15) is 69.9 Å². The first kappa shape index (κ1) is 23.3. The molecule has 0 saturated carbocycles. The highest BCUT2D eigenvalue weighted by molar-refractivity contribution is 6.99. The smallest absolute Gasteiger partial charge is 0.310 e. The minimum absolute atomic E-state index is 0.212. The number of rotatable bonds is 11. The molecular weight excluding hydrogens is 412 g/mol. The molecule has 8 heteroatoms. The van der Waals surface area contributed by atoms with E-state index in [1.54, 1.807) is 12.4 Å². The van der Waals surface area contributed by atoms with Crippen LogP contribution in [-0.2, 0) is 9.53 Å². The Bertz CT molecular complexity index is 871. The fourth-order valence-electron chi connectivity index (χ4n) is 3.89. The van der Waals surface area contributed by atoms with Crippen molar-refractivity contribution >= 4 is 23.3 Å². The summed E-state index contributed by atoms with van der Waals surface area (Å²) in [6, 6.07) is 3.85. The summed E-state index contributed by atoms with van der Waals surface area (Å²) in [6.07, 6.45) is 11.1. The molecule has 0 saturated heterocycles. The Kier molecular flexibility index (Phi) is 8.54. The molecule has 3 heterocycles. The lowest BCUT2D eigenvalue weighted by Crippen LogP contribution is -2.51. The highest BCUT2D eigenvalue weighted by Crippen LogP contribution is 2.36. The van der Waals surface area contributed by atoms with Crippen molar-refractivity contribution in [2.24, 2.45) is 0 Å². The zero-order chi connectivity index (χ0) is 22.1. The van der Waals surface area contributed by atoms with Gasteiger partial charge in [0.2, 0.25) is 0 Å². The largest absolute Gasteiger partial charge is 0.475 e. The predicted molar refractivity (Wildman–Crippen MR) is 121 cm³/mol. The number of ether oxygens (including phenoxy) is 2. The minimum atomic E-state index is -0.421. The van der Waals surface area contributed by atoms with Crippen LogP contribution in [0.4, 0.5) is 0 Å². The van der Waals surface area contributed by atoms with Crippen molar-refractivity contribution in [3.8, 4) is 5.88 Å². The maximum atomic E-state index is 12.2.